The molecule has 0 saturated heterocycles. The van der Waals surface area contributed by atoms with Crippen LogP contribution in [0.25, 0.3) is 0 Å². The number of nitrogens with one attached hydrogen (secondary N) is 1. The van der Waals surface area contributed by atoms with Crippen molar-refractivity contribution in [3.63, 3.8) is 0 Å². The molecule has 1 aromatic carbocycles. The molecule has 0 radical (unpaired) electrons. The maximum Gasteiger partial charge on any atom is 0.238 e. The number of rotatable bonds is 4. The van der Waals surface area contributed by atoms with Gasteiger partial charge in [0.15, 0.2) is 0 Å². The Hall–Kier alpha value is -2.19. The number of hydrogen-bond donors (Lipinski definition) is 2. The van der Waals surface area contributed by atoms with E-state index in [4.69, 9.17) is 9.88 Å². The normalized spacial score (nSPS) is 11.2. The van der Waals surface area contributed by atoms with Gasteiger partial charge in [0.05, 0.1) is 12.0 Å². The molecule has 0 atom stereocenters. The number of hydrogen-bond acceptors (Lipinski definition) is 6. The Balaban J connectivity index is 2.22. The Labute approximate surface area is 116 Å². The zero-order valence-corrected chi connectivity index (χ0v) is 11.8. The van der Waals surface area contributed by atoms with Crippen LogP contribution in [0.2, 0.25) is 0 Å². The van der Waals surface area contributed by atoms with Crippen LogP contribution in [0.4, 0.5) is 11.6 Å². The second-order valence-electron chi connectivity index (χ2n) is 4.08. The van der Waals surface area contributed by atoms with Crippen LogP contribution in [-0.2, 0) is 10.0 Å². The van der Waals surface area contributed by atoms with Crippen LogP contribution >= 0.6 is 0 Å². The van der Waals surface area contributed by atoms with Crippen molar-refractivity contribution in [1.29, 1.82) is 0 Å². The molecule has 7 nitrogen and oxygen atoms in total. The van der Waals surface area contributed by atoms with Gasteiger partial charge < -0.3 is 10.1 Å². The van der Waals surface area contributed by atoms with Crippen LogP contribution < -0.4 is 15.2 Å². The molecule has 0 unspecified atom stereocenters. The average Bonchev–Trinajstić information content (AvgIpc) is 2.40. The lowest BCUT2D eigenvalue weighted by Gasteiger charge is -2.08. The quantitative estimate of drug-likeness (QED) is 0.877. The minimum Gasteiger partial charge on any atom is -0.481 e. The minimum atomic E-state index is -3.69. The smallest absolute Gasteiger partial charge is 0.238 e. The summed E-state index contributed by atoms with van der Waals surface area (Å²) in [7, 11) is -2.16. The molecule has 0 spiro atoms. The Morgan fingerprint density at radius 1 is 1.25 bits per heavy atom. The molecule has 3 N–H and O–H groups in total. The van der Waals surface area contributed by atoms with E-state index in [1.54, 1.807) is 18.3 Å². The molecule has 0 bridgehead atoms. The minimum absolute atomic E-state index is 0.0467. The first kappa shape index (κ1) is 14.2. The lowest BCUT2D eigenvalue weighted by Crippen LogP contribution is -2.11. The Morgan fingerprint density at radius 2 is 1.90 bits per heavy atom. The number of ether oxygens (including phenoxy) is 1. The SMILES string of the molecule is COc1nc(Nc2ccc(S(N)(=O)=O)cc2)ncc1C. The number of benzene rings is 1. The van der Waals surface area contributed by atoms with Crippen LogP contribution in [0.3, 0.4) is 0 Å². The third-order valence-corrected chi connectivity index (χ3v) is 3.49. The molecule has 106 valence electrons. The molecule has 1 aromatic heterocycles. The number of anilines is 2. The lowest BCUT2D eigenvalue weighted by molar-refractivity contribution is 0.394. The fraction of sp³-hybridized carbons (Fsp3) is 0.167. The number of nitrogens with two attached hydrogens (primary N) is 1. The molecule has 0 aliphatic rings. The predicted octanol–water partition coefficient (Wildman–Crippen LogP) is 1.18. The van der Waals surface area contributed by atoms with Crippen molar-refractivity contribution in [3.05, 3.63) is 36.0 Å². The van der Waals surface area contributed by atoms with E-state index in [9.17, 15) is 8.42 Å². The topological polar surface area (TPSA) is 107 Å². The molecule has 8 heteroatoms. The molecule has 1 heterocycles. The van der Waals surface area contributed by atoms with Crippen LogP contribution in [0, 0.1) is 6.92 Å². The van der Waals surface area contributed by atoms with Crippen molar-refractivity contribution in [1.82, 2.24) is 9.97 Å². The molecular formula is C12H14N4O3S. The predicted molar refractivity (Wildman–Crippen MR) is 74.4 cm³/mol. The molecule has 0 aliphatic carbocycles. The maximum absolute atomic E-state index is 11.1. The zero-order chi connectivity index (χ0) is 14.8. The largest absolute Gasteiger partial charge is 0.481 e. The van der Waals surface area contributed by atoms with E-state index < -0.39 is 10.0 Å². The highest BCUT2D eigenvalue weighted by molar-refractivity contribution is 7.89. The van der Waals surface area contributed by atoms with Crippen LogP contribution in [0.15, 0.2) is 35.4 Å². The van der Waals surface area contributed by atoms with Gasteiger partial charge in [-0.25, -0.2) is 18.5 Å². The second-order valence-corrected chi connectivity index (χ2v) is 5.64. The second kappa shape index (κ2) is 5.43. The summed E-state index contributed by atoms with van der Waals surface area (Å²) in [6, 6.07) is 5.97. The van der Waals surface area contributed by atoms with Crippen LogP contribution in [0.5, 0.6) is 5.88 Å². The third-order valence-electron chi connectivity index (χ3n) is 2.56. The highest BCUT2D eigenvalue weighted by Crippen LogP contribution is 2.19. The monoisotopic (exact) mass is 294 g/mol. The van der Waals surface area contributed by atoms with Crippen molar-refractivity contribution in [2.24, 2.45) is 5.14 Å². The van der Waals surface area contributed by atoms with E-state index in [1.165, 1.54) is 19.2 Å². The van der Waals surface area contributed by atoms with Crippen molar-refractivity contribution in [2.75, 3.05) is 12.4 Å². The van der Waals surface area contributed by atoms with Gasteiger partial charge in [-0.15, -0.1) is 0 Å². The summed E-state index contributed by atoms with van der Waals surface area (Å²) >= 11 is 0. The molecule has 20 heavy (non-hydrogen) atoms. The molecule has 0 fully saturated rings. The molecule has 0 saturated carbocycles. The Morgan fingerprint density at radius 3 is 2.45 bits per heavy atom. The highest BCUT2D eigenvalue weighted by atomic mass is 32.2. The van der Waals surface area contributed by atoms with Gasteiger partial charge in [0.2, 0.25) is 21.9 Å². The summed E-state index contributed by atoms with van der Waals surface area (Å²) in [5, 5.41) is 7.97. The molecule has 0 amide bonds. The third kappa shape index (κ3) is 3.22. The van der Waals surface area contributed by atoms with Gasteiger partial charge in [0.1, 0.15) is 0 Å². The van der Waals surface area contributed by atoms with Gasteiger partial charge in [0.25, 0.3) is 0 Å². The average molecular weight is 294 g/mol. The van der Waals surface area contributed by atoms with E-state index in [0.717, 1.165) is 5.56 Å². The summed E-state index contributed by atoms with van der Waals surface area (Å²) < 4.78 is 27.4. The van der Waals surface area contributed by atoms with Crippen molar-refractivity contribution >= 4 is 21.7 Å². The fourth-order valence-electron chi connectivity index (χ4n) is 1.55. The van der Waals surface area contributed by atoms with E-state index in [-0.39, 0.29) is 4.90 Å². The molecular weight excluding hydrogens is 280 g/mol. The van der Waals surface area contributed by atoms with Gasteiger partial charge in [-0.05, 0) is 31.2 Å². The molecule has 2 aromatic rings. The molecule has 2 rings (SSSR count). The van der Waals surface area contributed by atoms with E-state index in [0.29, 0.717) is 17.5 Å². The lowest BCUT2D eigenvalue weighted by atomic mass is 10.3. The van der Waals surface area contributed by atoms with Crippen molar-refractivity contribution < 1.29 is 13.2 Å². The van der Waals surface area contributed by atoms with Crippen molar-refractivity contribution in [2.45, 2.75) is 11.8 Å². The van der Waals surface area contributed by atoms with Crippen LogP contribution in [0.1, 0.15) is 5.56 Å². The number of nitrogens with zero attached hydrogens (tertiary/aromatic N) is 2. The first-order valence-electron chi connectivity index (χ1n) is 5.67. The van der Waals surface area contributed by atoms with Gasteiger partial charge >= 0.3 is 0 Å². The van der Waals surface area contributed by atoms with Crippen LogP contribution in [-0.4, -0.2) is 25.5 Å². The van der Waals surface area contributed by atoms with Gasteiger partial charge in [-0.2, -0.15) is 4.98 Å². The summed E-state index contributed by atoms with van der Waals surface area (Å²) in [4.78, 5) is 8.32. The zero-order valence-electron chi connectivity index (χ0n) is 11.0. The van der Waals surface area contributed by atoms with Crippen molar-refractivity contribution in [3.8, 4) is 5.88 Å². The Bertz CT molecular complexity index is 714. The first-order chi connectivity index (χ1) is 9.40. The van der Waals surface area contributed by atoms with Gasteiger partial charge in [0, 0.05) is 17.4 Å². The summed E-state index contributed by atoms with van der Waals surface area (Å²) in [6.07, 6.45) is 1.63. The van der Waals surface area contributed by atoms with E-state index in [1.807, 2.05) is 6.92 Å². The first-order valence-corrected chi connectivity index (χ1v) is 7.22. The summed E-state index contributed by atoms with van der Waals surface area (Å²) in [6.45, 7) is 1.84. The number of aromatic nitrogens is 2. The molecule has 0 aliphatic heterocycles. The number of methoxy groups -OCH3 is 1. The summed E-state index contributed by atoms with van der Waals surface area (Å²) in [5.41, 5.74) is 1.46. The van der Waals surface area contributed by atoms with Gasteiger partial charge in [-0.3, -0.25) is 0 Å². The fourth-order valence-corrected chi connectivity index (χ4v) is 2.07. The van der Waals surface area contributed by atoms with Gasteiger partial charge in [-0.1, -0.05) is 0 Å². The number of primary sulfonamides is 1. The van der Waals surface area contributed by atoms with E-state index >= 15 is 0 Å². The number of aryl methyl sites for hydroxylation is 1. The maximum atomic E-state index is 11.1. The highest BCUT2D eigenvalue weighted by Gasteiger charge is 2.08. The number of sulfonamides is 1. The van der Waals surface area contributed by atoms with E-state index in [2.05, 4.69) is 15.3 Å². The summed E-state index contributed by atoms with van der Waals surface area (Å²) in [5.74, 6) is 0.833. The Kier molecular flexibility index (Phi) is 3.86. The standard InChI is InChI=1S/C12H14N4O3S/c1-8-7-14-12(16-11(8)19-2)15-9-3-5-10(6-4-9)20(13,17)18/h3-7H,1-2H3,(H2,13,17,18)(H,14,15,16).